The van der Waals surface area contributed by atoms with Gasteiger partial charge >= 0.3 is 0 Å². The Morgan fingerprint density at radius 3 is 2.96 bits per heavy atom. The number of fused-ring (bicyclic) bond motifs is 1. The fourth-order valence-electron chi connectivity index (χ4n) is 2.87. The van der Waals surface area contributed by atoms with E-state index in [2.05, 4.69) is 9.97 Å². The number of aliphatic hydroxyl groups is 2. The lowest BCUT2D eigenvalue weighted by Crippen LogP contribution is -2.25. The lowest BCUT2D eigenvalue weighted by atomic mass is 10.1. The van der Waals surface area contributed by atoms with Gasteiger partial charge in [-0.2, -0.15) is 0 Å². The number of benzene rings is 1. The number of halogens is 1. The molecule has 3 aromatic rings. The van der Waals surface area contributed by atoms with Crippen molar-refractivity contribution in [2.24, 2.45) is 0 Å². The summed E-state index contributed by atoms with van der Waals surface area (Å²) in [4.78, 5) is 8.66. The molecular weight excluding hydrogens is 362 g/mol. The van der Waals surface area contributed by atoms with E-state index in [0.717, 1.165) is 11.3 Å². The summed E-state index contributed by atoms with van der Waals surface area (Å²) in [6, 6.07) is 7.44. The Bertz CT molecular complexity index is 904. The van der Waals surface area contributed by atoms with E-state index in [1.54, 1.807) is 18.6 Å². The van der Waals surface area contributed by atoms with E-state index in [-0.39, 0.29) is 5.25 Å². The maximum atomic E-state index is 10.2. The minimum absolute atomic E-state index is 0.229. The molecule has 130 valence electrons. The number of thioether (sulfide) groups is 1. The van der Waals surface area contributed by atoms with Crippen LogP contribution in [-0.2, 0) is 6.61 Å². The molecule has 3 atom stereocenters. The van der Waals surface area contributed by atoms with Gasteiger partial charge in [-0.3, -0.25) is 4.40 Å². The second-order valence-electron chi connectivity index (χ2n) is 5.84. The summed E-state index contributed by atoms with van der Waals surface area (Å²) < 4.78 is 7.66. The Balaban J connectivity index is 1.61. The highest BCUT2D eigenvalue weighted by Crippen LogP contribution is 2.40. The molecule has 0 unspecified atom stereocenters. The predicted octanol–water partition coefficient (Wildman–Crippen LogP) is 2.47. The summed E-state index contributed by atoms with van der Waals surface area (Å²) >= 11 is 7.50. The molecular formula is C17H16ClN3O3S. The topological polar surface area (TPSA) is 79.9 Å². The first-order valence-electron chi connectivity index (χ1n) is 7.80. The molecule has 3 heterocycles. The molecule has 1 aromatic carbocycles. The molecule has 1 fully saturated rings. The van der Waals surface area contributed by atoms with Crippen LogP contribution in [0, 0.1) is 0 Å². The summed E-state index contributed by atoms with van der Waals surface area (Å²) in [5.41, 5.74) is 2.33. The van der Waals surface area contributed by atoms with Crippen molar-refractivity contribution in [1.82, 2.24) is 14.4 Å². The smallest absolute Gasteiger partial charge is 0.258 e. The van der Waals surface area contributed by atoms with E-state index >= 15 is 0 Å². The fourth-order valence-corrected chi connectivity index (χ4v) is 4.40. The van der Waals surface area contributed by atoms with E-state index < -0.39 is 12.2 Å². The zero-order chi connectivity index (χ0) is 17.4. The third-order valence-corrected chi connectivity index (χ3v) is 5.78. The second-order valence-corrected chi connectivity index (χ2v) is 7.45. The van der Waals surface area contributed by atoms with Crippen LogP contribution in [0.15, 0.2) is 42.9 Å². The first-order valence-corrected chi connectivity index (χ1v) is 9.23. The summed E-state index contributed by atoms with van der Waals surface area (Å²) in [6.45, 7) is 0.328. The van der Waals surface area contributed by atoms with Gasteiger partial charge in [0.1, 0.15) is 6.61 Å². The highest BCUT2D eigenvalue weighted by atomic mass is 35.5. The second kappa shape index (κ2) is 6.84. The van der Waals surface area contributed by atoms with Gasteiger partial charge in [0.05, 0.1) is 29.3 Å². The van der Waals surface area contributed by atoms with E-state index in [9.17, 15) is 10.2 Å². The predicted molar refractivity (Wildman–Crippen MR) is 96.0 cm³/mol. The lowest BCUT2D eigenvalue weighted by Gasteiger charge is -2.15. The summed E-state index contributed by atoms with van der Waals surface area (Å²) in [7, 11) is 0. The Kier molecular flexibility index (Phi) is 4.56. The van der Waals surface area contributed by atoms with Crippen LogP contribution in [0.3, 0.4) is 0 Å². The van der Waals surface area contributed by atoms with Gasteiger partial charge in [-0.1, -0.05) is 23.7 Å². The molecule has 2 aromatic heterocycles. The fraction of sp³-hybridized carbons (Fsp3) is 0.294. The van der Waals surface area contributed by atoms with Crippen molar-refractivity contribution < 1.29 is 14.9 Å². The molecule has 0 amide bonds. The molecule has 1 aliphatic heterocycles. The molecule has 0 radical (unpaired) electrons. The number of nitrogens with zero attached hydrogens (tertiary/aromatic N) is 3. The Morgan fingerprint density at radius 2 is 2.20 bits per heavy atom. The van der Waals surface area contributed by atoms with Gasteiger partial charge < -0.3 is 14.9 Å². The number of aliphatic hydroxyl groups excluding tert-OH is 2. The number of aromatic nitrogens is 3. The molecule has 8 heteroatoms. The van der Waals surface area contributed by atoms with Crippen molar-refractivity contribution in [2.45, 2.75) is 24.1 Å². The van der Waals surface area contributed by atoms with Gasteiger partial charge in [0.2, 0.25) is 5.65 Å². The maximum Gasteiger partial charge on any atom is 0.258 e. The summed E-state index contributed by atoms with van der Waals surface area (Å²) in [5, 5.41) is 20.4. The first-order chi connectivity index (χ1) is 12.1. The van der Waals surface area contributed by atoms with E-state index in [1.807, 2.05) is 28.7 Å². The number of ether oxygens (including phenoxy) is 1. The minimum Gasteiger partial charge on any atom is -0.470 e. The van der Waals surface area contributed by atoms with Gasteiger partial charge in [-0.05, 0) is 17.7 Å². The van der Waals surface area contributed by atoms with Gasteiger partial charge in [0.25, 0.3) is 5.88 Å². The highest BCUT2D eigenvalue weighted by molar-refractivity contribution is 7.99. The van der Waals surface area contributed by atoms with Gasteiger partial charge in [-0.25, -0.2) is 9.97 Å². The summed E-state index contributed by atoms with van der Waals surface area (Å²) in [5.74, 6) is 0.911. The number of rotatable bonds is 4. The third-order valence-electron chi connectivity index (χ3n) is 4.13. The first kappa shape index (κ1) is 16.7. The number of imidazole rings is 1. The standard InChI is InChI=1S/C17H16ClN3O3S/c18-11-3-1-2-10(6-11)8-24-17-16-20-7-12(21(16)5-4-19-17)15-14(23)13(22)9-25-15/h1-7,13-15,22-23H,8-9H2/t13-,14-,15+/m1/s1. The molecule has 6 nitrogen and oxygen atoms in total. The minimum atomic E-state index is -0.811. The number of hydrogen-bond acceptors (Lipinski definition) is 6. The SMILES string of the molecule is O[C@@H]1[C@H](O)CS[C@H]1c1cnc2c(OCc3cccc(Cl)c3)nccn12. The van der Waals surface area contributed by atoms with Crippen LogP contribution in [0.2, 0.25) is 5.02 Å². The molecule has 25 heavy (non-hydrogen) atoms. The molecule has 0 spiro atoms. The van der Waals surface area contributed by atoms with Crippen LogP contribution >= 0.6 is 23.4 Å². The van der Waals surface area contributed by atoms with E-state index in [1.165, 1.54) is 11.8 Å². The van der Waals surface area contributed by atoms with Crippen LogP contribution in [0.4, 0.5) is 0 Å². The lowest BCUT2D eigenvalue weighted by molar-refractivity contribution is 0.0411. The van der Waals surface area contributed by atoms with Crippen molar-refractivity contribution in [1.29, 1.82) is 0 Å². The largest absolute Gasteiger partial charge is 0.470 e. The Morgan fingerprint density at radius 1 is 1.32 bits per heavy atom. The molecule has 0 aliphatic carbocycles. The van der Waals surface area contributed by atoms with Crippen molar-refractivity contribution in [3.05, 3.63) is 59.1 Å². The molecule has 0 saturated carbocycles. The van der Waals surface area contributed by atoms with Gasteiger partial charge in [0.15, 0.2) is 0 Å². The maximum absolute atomic E-state index is 10.2. The number of hydrogen-bond donors (Lipinski definition) is 2. The van der Waals surface area contributed by atoms with Crippen LogP contribution in [0.5, 0.6) is 5.88 Å². The van der Waals surface area contributed by atoms with Crippen molar-refractivity contribution in [3.63, 3.8) is 0 Å². The molecule has 4 rings (SSSR count). The van der Waals surface area contributed by atoms with Crippen LogP contribution in [0.25, 0.3) is 5.65 Å². The quantitative estimate of drug-likeness (QED) is 0.727. The molecule has 2 N–H and O–H groups in total. The monoisotopic (exact) mass is 377 g/mol. The normalized spacial score (nSPS) is 23.2. The molecule has 0 bridgehead atoms. The zero-order valence-corrected chi connectivity index (χ0v) is 14.7. The third kappa shape index (κ3) is 3.20. The van der Waals surface area contributed by atoms with Gasteiger partial charge in [-0.15, -0.1) is 11.8 Å². The average Bonchev–Trinajstić information content (AvgIpc) is 3.17. The van der Waals surface area contributed by atoms with E-state index in [0.29, 0.717) is 28.9 Å². The van der Waals surface area contributed by atoms with Gasteiger partial charge in [0, 0.05) is 23.2 Å². The zero-order valence-electron chi connectivity index (χ0n) is 13.1. The molecule has 1 aliphatic rings. The summed E-state index contributed by atoms with van der Waals surface area (Å²) in [6.07, 6.45) is 3.58. The average molecular weight is 378 g/mol. The Hall–Kier alpha value is -1.80. The molecule has 1 saturated heterocycles. The van der Waals surface area contributed by atoms with Crippen LogP contribution in [0.1, 0.15) is 16.5 Å². The van der Waals surface area contributed by atoms with Crippen molar-refractivity contribution in [3.8, 4) is 5.88 Å². The highest BCUT2D eigenvalue weighted by Gasteiger charge is 2.37. The van der Waals surface area contributed by atoms with E-state index in [4.69, 9.17) is 16.3 Å². The van der Waals surface area contributed by atoms with Crippen LogP contribution < -0.4 is 4.74 Å². The van der Waals surface area contributed by atoms with Crippen molar-refractivity contribution >= 4 is 29.0 Å². The van der Waals surface area contributed by atoms with Crippen molar-refractivity contribution in [2.75, 3.05) is 5.75 Å². The Labute approximate surface area is 153 Å². The van der Waals surface area contributed by atoms with Crippen LogP contribution in [-0.4, -0.2) is 42.5 Å².